The van der Waals surface area contributed by atoms with Gasteiger partial charge in [-0.05, 0) is 43.5 Å². The second kappa shape index (κ2) is 3.31. The molecule has 0 radical (unpaired) electrons. The van der Waals surface area contributed by atoms with E-state index in [1.807, 2.05) is 13.3 Å². The van der Waals surface area contributed by atoms with Gasteiger partial charge >= 0.3 is 0 Å². The highest BCUT2D eigenvalue weighted by Crippen LogP contribution is 2.28. The van der Waals surface area contributed by atoms with Crippen molar-refractivity contribution in [1.29, 1.82) is 0 Å². The van der Waals surface area contributed by atoms with E-state index >= 15 is 0 Å². The van der Waals surface area contributed by atoms with E-state index in [-0.39, 0.29) is 0 Å². The third-order valence-corrected chi connectivity index (χ3v) is 2.75. The van der Waals surface area contributed by atoms with Gasteiger partial charge in [-0.2, -0.15) is 0 Å². The molecule has 2 nitrogen and oxygen atoms in total. The van der Waals surface area contributed by atoms with Crippen molar-refractivity contribution < 1.29 is 4.74 Å². The van der Waals surface area contributed by atoms with Crippen LogP contribution in [0.25, 0.3) is 0 Å². The minimum Gasteiger partial charge on any atom is -0.497 e. The highest BCUT2D eigenvalue weighted by molar-refractivity contribution is 5.31. The second-order valence-electron chi connectivity index (χ2n) is 3.47. The number of allylic oxidation sites excluding steroid dienone is 1. The van der Waals surface area contributed by atoms with Gasteiger partial charge in [0.15, 0.2) is 0 Å². The van der Waals surface area contributed by atoms with Crippen LogP contribution in [0.15, 0.2) is 23.5 Å². The van der Waals surface area contributed by atoms with E-state index in [4.69, 9.17) is 4.74 Å². The van der Waals surface area contributed by atoms with Crippen molar-refractivity contribution in [3.8, 4) is 0 Å². The Morgan fingerprint density at radius 2 is 2.50 bits per heavy atom. The van der Waals surface area contributed by atoms with E-state index in [1.54, 1.807) is 0 Å². The standard InChI is InChI=1S/C10H15NO/c1-11-10-3-2-9-7-12-5-4-8(9)6-10/h4-5,10-11H,2-3,6-7H2,1H3/t10-/m1/s1. The lowest BCUT2D eigenvalue weighted by atomic mass is 9.88. The highest BCUT2D eigenvalue weighted by Gasteiger charge is 2.19. The van der Waals surface area contributed by atoms with Crippen LogP contribution in [-0.2, 0) is 4.74 Å². The molecule has 1 heterocycles. The van der Waals surface area contributed by atoms with Crippen LogP contribution in [0.3, 0.4) is 0 Å². The Morgan fingerprint density at radius 3 is 3.33 bits per heavy atom. The van der Waals surface area contributed by atoms with Gasteiger partial charge in [-0.15, -0.1) is 0 Å². The van der Waals surface area contributed by atoms with Gasteiger partial charge in [-0.1, -0.05) is 0 Å². The molecular weight excluding hydrogens is 150 g/mol. The molecule has 2 heteroatoms. The summed E-state index contributed by atoms with van der Waals surface area (Å²) in [6, 6.07) is 0.673. The predicted molar refractivity (Wildman–Crippen MR) is 48.8 cm³/mol. The Morgan fingerprint density at radius 1 is 1.58 bits per heavy atom. The van der Waals surface area contributed by atoms with Crippen molar-refractivity contribution in [2.45, 2.75) is 25.3 Å². The fourth-order valence-corrected chi connectivity index (χ4v) is 1.90. The Balaban J connectivity index is 2.11. The van der Waals surface area contributed by atoms with Crippen molar-refractivity contribution in [2.75, 3.05) is 13.7 Å². The number of rotatable bonds is 1. The van der Waals surface area contributed by atoms with Crippen molar-refractivity contribution in [2.24, 2.45) is 0 Å². The van der Waals surface area contributed by atoms with Gasteiger partial charge in [-0.3, -0.25) is 0 Å². The van der Waals surface area contributed by atoms with E-state index in [2.05, 4.69) is 11.4 Å². The molecule has 0 spiro atoms. The van der Waals surface area contributed by atoms with Gasteiger partial charge in [0, 0.05) is 6.04 Å². The van der Waals surface area contributed by atoms with Gasteiger partial charge < -0.3 is 10.1 Å². The van der Waals surface area contributed by atoms with Crippen molar-refractivity contribution in [1.82, 2.24) is 5.32 Å². The van der Waals surface area contributed by atoms with Crippen molar-refractivity contribution in [3.05, 3.63) is 23.5 Å². The van der Waals surface area contributed by atoms with Gasteiger partial charge in [0.05, 0.1) is 6.26 Å². The number of nitrogens with one attached hydrogen (secondary N) is 1. The molecule has 12 heavy (non-hydrogen) atoms. The molecule has 1 aliphatic heterocycles. The Labute approximate surface area is 73.3 Å². The van der Waals surface area contributed by atoms with Crippen molar-refractivity contribution >= 4 is 0 Å². The summed E-state index contributed by atoms with van der Waals surface area (Å²) >= 11 is 0. The van der Waals surface area contributed by atoms with Crippen LogP contribution in [0.4, 0.5) is 0 Å². The maximum atomic E-state index is 5.25. The summed E-state index contributed by atoms with van der Waals surface area (Å²) in [6.07, 6.45) is 7.56. The molecule has 0 amide bonds. The molecular formula is C10H15NO. The van der Waals surface area contributed by atoms with Gasteiger partial charge in [0.2, 0.25) is 0 Å². The van der Waals surface area contributed by atoms with Gasteiger partial charge in [0.25, 0.3) is 0 Å². The van der Waals surface area contributed by atoms with Crippen LogP contribution in [-0.4, -0.2) is 19.7 Å². The second-order valence-corrected chi connectivity index (χ2v) is 3.47. The Kier molecular flexibility index (Phi) is 2.17. The first-order chi connectivity index (χ1) is 5.90. The first kappa shape index (κ1) is 7.87. The van der Waals surface area contributed by atoms with Crippen LogP contribution in [0.2, 0.25) is 0 Å². The number of hydrogen-bond donors (Lipinski definition) is 1. The monoisotopic (exact) mass is 165 g/mol. The molecule has 1 N–H and O–H groups in total. The lowest BCUT2D eigenvalue weighted by Gasteiger charge is -2.27. The maximum absolute atomic E-state index is 5.25. The zero-order valence-electron chi connectivity index (χ0n) is 7.47. The molecule has 66 valence electrons. The third-order valence-electron chi connectivity index (χ3n) is 2.75. The molecule has 1 aliphatic carbocycles. The van der Waals surface area contributed by atoms with Crippen LogP contribution in [0.5, 0.6) is 0 Å². The zero-order valence-corrected chi connectivity index (χ0v) is 7.47. The average molecular weight is 165 g/mol. The topological polar surface area (TPSA) is 21.3 Å². The number of ether oxygens (including phenoxy) is 1. The molecule has 0 unspecified atom stereocenters. The first-order valence-corrected chi connectivity index (χ1v) is 4.56. The highest BCUT2D eigenvalue weighted by atomic mass is 16.5. The van der Waals surface area contributed by atoms with E-state index in [9.17, 15) is 0 Å². The fourth-order valence-electron chi connectivity index (χ4n) is 1.90. The third kappa shape index (κ3) is 1.39. The molecule has 2 rings (SSSR count). The number of hydrogen-bond acceptors (Lipinski definition) is 2. The normalized spacial score (nSPS) is 28.2. The molecule has 0 saturated heterocycles. The van der Waals surface area contributed by atoms with Crippen LogP contribution < -0.4 is 5.32 Å². The smallest absolute Gasteiger partial charge is 0.109 e. The van der Waals surface area contributed by atoms with E-state index in [0.29, 0.717) is 6.04 Å². The molecule has 0 aromatic heterocycles. The summed E-state index contributed by atoms with van der Waals surface area (Å²) < 4.78 is 5.25. The molecule has 0 saturated carbocycles. The lowest BCUT2D eigenvalue weighted by molar-refractivity contribution is 0.262. The van der Waals surface area contributed by atoms with Gasteiger partial charge in [0.1, 0.15) is 6.61 Å². The predicted octanol–water partition coefficient (Wildman–Crippen LogP) is 1.60. The fraction of sp³-hybridized carbons (Fsp3) is 0.600. The van der Waals surface area contributed by atoms with Crippen LogP contribution >= 0.6 is 0 Å². The van der Waals surface area contributed by atoms with Crippen molar-refractivity contribution in [3.63, 3.8) is 0 Å². The van der Waals surface area contributed by atoms with Crippen LogP contribution in [0, 0.1) is 0 Å². The molecule has 1 atom stereocenters. The van der Waals surface area contributed by atoms with E-state index in [0.717, 1.165) is 6.61 Å². The summed E-state index contributed by atoms with van der Waals surface area (Å²) in [5.74, 6) is 0. The van der Waals surface area contributed by atoms with E-state index < -0.39 is 0 Å². The maximum Gasteiger partial charge on any atom is 0.109 e. The molecule has 2 aliphatic rings. The molecule has 0 bridgehead atoms. The summed E-state index contributed by atoms with van der Waals surface area (Å²) in [5, 5.41) is 3.33. The quantitative estimate of drug-likeness (QED) is 0.637. The minimum absolute atomic E-state index is 0.673. The summed E-state index contributed by atoms with van der Waals surface area (Å²) in [7, 11) is 2.04. The molecule has 0 aromatic rings. The zero-order chi connectivity index (χ0) is 8.39. The summed E-state index contributed by atoms with van der Waals surface area (Å²) in [5.41, 5.74) is 3.00. The minimum atomic E-state index is 0.673. The molecule has 0 fully saturated rings. The average Bonchev–Trinajstić information content (AvgIpc) is 2.17. The largest absolute Gasteiger partial charge is 0.497 e. The summed E-state index contributed by atoms with van der Waals surface area (Å²) in [6.45, 7) is 0.822. The van der Waals surface area contributed by atoms with Gasteiger partial charge in [-0.25, -0.2) is 0 Å². The Bertz CT molecular complexity index is 230. The lowest BCUT2D eigenvalue weighted by Crippen LogP contribution is -2.29. The van der Waals surface area contributed by atoms with Crippen LogP contribution in [0.1, 0.15) is 19.3 Å². The Hall–Kier alpha value is -0.760. The molecule has 0 aromatic carbocycles. The SMILES string of the molecule is CN[C@@H]1CCC2=C(C=COC2)C1. The first-order valence-electron chi connectivity index (χ1n) is 4.56. The summed E-state index contributed by atoms with van der Waals surface area (Å²) in [4.78, 5) is 0. The van der Waals surface area contributed by atoms with E-state index in [1.165, 1.54) is 30.4 Å².